The third-order valence-electron chi connectivity index (χ3n) is 3.06. The maximum Gasteiger partial charge on any atom is 0.120 e. The van der Waals surface area contributed by atoms with Crippen molar-refractivity contribution in [2.45, 2.75) is 31.0 Å². The molecule has 2 aromatic rings. The topological polar surface area (TPSA) is 38.9 Å². The van der Waals surface area contributed by atoms with Crippen molar-refractivity contribution in [2.75, 3.05) is 0 Å². The van der Waals surface area contributed by atoms with Gasteiger partial charge in [-0.2, -0.15) is 0 Å². The smallest absolute Gasteiger partial charge is 0.120 e. The number of nitrogens with zero attached hydrogens (tertiary/aromatic N) is 1. The molecule has 0 unspecified atom stereocenters. The molecule has 0 bridgehead atoms. The zero-order chi connectivity index (χ0) is 11.2. The number of hydrogen-bond acceptors (Lipinski definition) is 3. The van der Waals surface area contributed by atoms with E-state index in [0.717, 1.165) is 15.2 Å². The molecule has 2 N–H and O–H groups in total. The van der Waals surface area contributed by atoms with Crippen LogP contribution in [0.4, 0.5) is 4.39 Å². The Morgan fingerprint density at radius 2 is 2.19 bits per heavy atom. The van der Waals surface area contributed by atoms with Crippen LogP contribution in [0.3, 0.4) is 0 Å². The van der Waals surface area contributed by atoms with Crippen LogP contribution >= 0.6 is 11.3 Å². The highest BCUT2D eigenvalue weighted by atomic mass is 32.1. The van der Waals surface area contributed by atoms with Crippen LogP contribution in [-0.2, 0) is 6.42 Å². The Kier molecular flexibility index (Phi) is 2.23. The molecule has 1 aromatic heterocycles. The second-order valence-corrected chi connectivity index (χ2v) is 5.69. The molecule has 16 heavy (non-hydrogen) atoms. The summed E-state index contributed by atoms with van der Waals surface area (Å²) in [6.07, 6.45) is 1.37. The molecule has 1 aliphatic carbocycles. The Hall–Kier alpha value is -1.00. The second kappa shape index (κ2) is 3.50. The minimum absolute atomic E-state index is 0.0411. The normalized spacial score (nSPS) is 29.2. The van der Waals surface area contributed by atoms with E-state index in [2.05, 4.69) is 4.98 Å². The molecule has 1 aromatic carbocycles. The van der Waals surface area contributed by atoms with Gasteiger partial charge in [-0.15, -0.1) is 11.3 Å². The summed E-state index contributed by atoms with van der Waals surface area (Å²) in [4.78, 5) is 4.44. The first kappa shape index (κ1) is 10.2. The highest BCUT2D eigenvalue weighted by Gasteiger charge is 2.43. The number of thiazole rings is 1. The van der Waals surface area contributed by atoms with Crippen LogP contribution in [0.15, 0.2) is 24.3 Å². The Labute approximate surface area is 97.3 Å². The van der Waals surface area contributed by atoms with E-state index in [0.29, 0.717) is 19.3 Å². The number of benzene rings is 1. The molecule has 0 aliphatic heterocycles. The van der Waals surface area contributed by atoms with Crippen LogP contribution in [0.1, 0.15) is 17.8 Å². The molecule has 1 heterocycles. The maximum atomic E-state index is 14.1. The zero-order valence-electron chi connectivity index (χ0n) is 8.82. The van der Waals surface area contributed by atoms with Gasteiger partial charge in [0, 0.05) is 12.5 Å². The zero-order valence-corrected chi connectivity index (χ0v) is 9.64. The maximum absolute atomic E-state index is 14.1. The predicted molar refractivity (Wildman–Crippen MR) is 64.4 cm³/mol. The van der Waals surface area contributed by atoms with Gasteiger partial charge in [-0.25, -0.2) is 9.37 Å². The molecule has 1 fully saturated rings. The Morgan fingerprint density at radius 1 is 1.44 bits per heavy atom. The van der Waals surface area contributed by atoms with Crippen molar-refractivity contribution in [3.63, 3.8) is 0 Å². The molecule has 1 saturated carbocycles. The van der Waals surface area contributed by atoms with E-state index in [1.807, 2.05) is 24.3 Å². The lowest BCUT2D eigenvalue weighted by Crippen LogP contribution is -2.49. The summed E-state index contributed by atoms with van der Waals surface area (Å²) >= 11 is 1.58. The molecule has 84 valence electrons. The van der Waals surface area contributed by atoms with Gasteiger partial charge in [-0.1, -0.05) is 12.1 Å². The molecule has 0 atom stereocenters. The number of para-hydroxylation sites is 1. The van der Waals surface area contributed by atoms with Crippen LogP contribution in [0.5, 0.6) is 0 Å². The molecular weight excluding hydrogens is 223 g/mol. The summed E-state index contributed by atoms with van der Waals surface area (Å²) in [7, 11) is 0. The van der Waals surface area contributed by atoms with Gasteiger partial charge in [0.25, 0.3) is 0 Å². The van der Waals surface area contributed by atoms with Gasteiger partial charge in [0.05, 0.1) is 15.2 Å². The van der Waals surface area contributed by atoms with Crippen LogP contribution in [0.2, 0.25) is 0 Å². The van der Waals surface area contributed by atoms with Crippen molar-refractivity contribution in [1.82, 2.24) is 4.98 Å². The second-order valence-electron chi connectivity index (χ2n) is 4.57. The molecular formula is C12H13FN2S. The molecule has 4 heteroatoms. The summed E-state index contributed by atoms with van der Waals surface area (Å²) in [6.45, 7) is 0. The van der Waals surface area contributed by atoms with Crippen LogP contribution in [-0.4, -0.2) is 16.7 Å². The van der Waals surface area contributed by atoms with E-state index in [1.54, 1.807) is 11.3 Å². The highest BCUT2D eigenvalue weighted by Crippen LogP contribution is 2.39. The Bertz CT molecular complexity index is 483. The van der Waals surface area contributed by atoms with Crippen LogP contribution in [0.25, 0.3) is 10.2 Å². The quantitative estimate of drug-likeness (QED) is 0.870. The van der Waals surface area contributed by atoms with Gasteiger partial charge >= 0.3 is 0 Å². The first-order valence-electron chi connectivity index (χ1n) is 5.44. The SMILES string of the molecule is NC1CC(F)(Cc2nc3ccccc3s2)C1. The van der Waals surface area contributed by atoms with E-state index >= 15 is 0 Å². The minimum Gasteiger partial charge on any atom is -0.327 e. The molecule has 2 nitrogen and oxygen atoms in total. The summed E-state index contributed by atoms with van der Waals surface area (Å²) < 4.78 is 15.2. The van der Waals surface area contributed by atoms with Crippen molar-refractivity contribution in [3.8, 4) is 0 Å². The molecule has 0 radical (unpaired) electrons. The van der Waals surface area contributed by atoms with Gasteiger partial charge in [-0.05, 0) is 25.0 Å². The molecule has 1 aliphatic rings. The number of hydrogen-bond donors (Lipinski definition) is 1. The van der Waals surface area contributed by atoms with Gasteiger partial charge in [0.15, 0.2) is 0 Å². The lowest BCUT2D eigenvalue weighted by atomic mass is 9.76. The summed E-state index contributed by atoms with van der Waals surface area (Å²) in [5.74, 6) is 0. The molecule has 3 rings (SSSR count). The number of halogens is 1. The van der Waals surface area contributed by atoms with Crippen molar-refractivity contribution in [1.29, 1.82) is 0 Å². The van der Waals surface area contributed by atoms with Crippen molar-refractivity contribution < 1.29 is 4.39 Å². The predicted octanol–water partition coefficient (Wildman–Crippen LogP) is 2.67. The first-order valence-corrected chi connectivity index (χ1v) is 6.25. The van der Waals surface area contributed by atoms with Gasteiger partial charge < -0.3 is 5.73 Å². The first-order chi connectivity index (χ1) is 7.65. The molecule has 0 amide bonds. The average molecular weight is 236 g/mol. The number of fused-ring (bicyclic) bond motifs is 1. The standard InChI is InChI=1S/C12H13FN2S/c13-12(5-8(14)6-12)7-11-15-9-3-1-2-4-10(9)16-11/h1-4,8H,5-7,14H2. The highest BCUT2D eigenvalue weighted by molar-refractivity contribution is 7.18. The summed E-state index contributed by atoms with van der Waals surface area (Å²) in [5.41, 5.74) is 5.49. The number of aromatic nitrogens is 1. The number of alkyl halides is 1. The van der Waals surface area contributed by atoms with Crippen molar-refractivity contribution >= 4 is 21.6 Å². The fourth-order valence-corrected chi connectivity index (χ4v) is 3.38. The lowest BCUT2D eigenvalue weighted by molar-refractivity contribution is 0.0444. The Morgan fingerprint density at radius 3 is 2.88 bits per heavy atom. The number of nitrogens with two attached hydrogens (primary N) is 1. The van der Waals surface area contributed by atoms with E-state index in [1.165, 1.54) is 0 Å². The monoisotopic (exact) mass is 236 g/mol. The van der Waals surface area contributed by atoms with Crippen molar-refractivity contribution in [3.05, 3.63) is 29.3 Å². The van der Waals surface area contributed by atoms with E-state index in [4.69, 9.17) is 5.73 Å². The van der Waals surface area contributed by atoms with E-state index in [-0.39, 0.29) is 6.04 Å². The van der Waals surface area contributed by atoms with E-state index in [9.17, 15) is 4.39 Å². The van der Waals surface area contributed by atoms with Crippen molar-refractivity contribution in [2.24, 2.45) is 5.73 Å². The van der Waals surface area contributed by atoms with Gasteiger partial charge in [0.1, 0.15) is 5.67 Å². The summed E-state index contributed by atoms with van der Waals surface area (Å²) in [5, 5.41) is 0.885. The third kappa shape index (κ3) is 1.72. The van der Waals surface area contributed by atoms with E-state index < -0.39 is 5.67 Å². The van der Waals surface area contributed by atoms with Gasteiger partial charge in [-0.3, -0.25) is 0 Å². The average Bonchev–Trinajstić information content (AvgIpc) is 2.56. The molecule has 0 spiro atoms. The third-order valence-corrected chi connectivity index (χ3v) is 4.10. The number of rotatable bonds is 2. The lowest BCUT2D eigenvalue weighted by Gasteiger charge is -2.38. The van der Waals surface area contributed by atoms with Crippen LogP contribution < -0.4 is 5.73 Å². The minimum atomic E-state index is -1.10. The largest absolute Gasteiger partial charge is 0.327 e. The van der Waals surface area contributed by atoms with Gasteiger partial charge in [0.2, 0.25) is 0 Å². The Balaban J connectivity index is 1.84. The summed E-state index contributed by atoms with van der Waals surface area (Å²) in [6, 6.07) is 7.96. The molecule has 0 saturated heterocycles. The van der Waals surface area contributed by atoms with Crippen LogP contribution in [0, 0.1) is 0 Å². The fourth-order valence-electron chi connectivity index (χ4n) is 2.29. The fraction of sp³-hybridized carbons (Fsp3) is 0.417.